The summed E-state index contributed by atoms with van der Waals surface area (Å²) in [5, 5.41) is 8.84. The van der Waals surface area contributed by atoms with Crippen LogP contribution < -0.4 is 5.56 Å². The second-order valence-electron chi connectivity index (χ2n) is 3.44. The fraction of sp³-hybridized carbons (Fsp3) is 0.500. The zero-order valence-corrected chi connectivity index (χ0v) is 8.66. The molecular weight excluding hydrogens is 223 g/mol. The van der Waals surface area contributed by atoms with Gasteiger partial charge in [0.15, 0.2) is 6.10 Å². The molecule has 1 aromatic heterocycles. The highest BCUT2D eigenvalue weighted by atomic mass is 19.4. The van der Waals surface area contributed by atoms with Crippen LogP contribution in [0.15, 0.2) is 23.1 Å². The summed E-state index contributed by atoms with van der Waals surface area (Å²) in [6, 6.07) is 2.75. The Labute approximate surface area is 90.1 Å². The molecule has 0 aliphatic rings. The van der Waals surface area contributed by atoms with Gasteiger partial charge in [-0.3, -0.25) is 4.79 Å². The van der Waals surface area contributed by atoms with Crippen LogP contribution in [0, 0.1) is 0 Å². The Balaban J connectivity index is 2.92. The quantitative estimate of drug-likeness (QED) is 0.858. The minimum absolute atomic E-state index is 0.555. The fourth-order valence-corrected chi connectivity index (χ4v) is 1.22. The maximum absolute atomic E-state index is 12.1. The molecule has 0 aliphatic heterocycles. The summed E-state index contributed by atoms with van der Waals surface area (Å²) >= 11 is 0. The lowest BCUT2D eigenvalue weighted by Crippen LogP contribution is -2.36. The highest BCUT2D eigenvalue weighted by Gasteiger charge is 2.38. The summed E-state index contributed by atoms with van der Waals surface area (Å²) < 4.78 is 37.1. The number of aromatic nitrogens is 1. The Morgan fingerprint density at radius 2 is 2.06 bits per heavy atom. The molecule has 90 valence electrons. The molecule has 0 bridgehead atoms. The summed E-state index contributed by atoms with van der Waals surface area (Å²) in [5.74, 6) is 0. The van der Waals surface area contributed by atoms with E-state index in [1.54, 1.807) is 6.07 Å². The van der Waals surface area contributed by atoms with Crippen LogP contribution in [0.4, 0.5) is 13.2 Å². The molecular formula is C10H12F3NO2. The van der Waals surface area contributed by atoms with Crippen molar-refractivity contribution >= 4 is 0 Å². The Morgan fingerprint density at radius 3 is 2.56 bits per heavy atom. The first-order valence-electron chi connectivity index (χ1n) is 4.78. The highest BCUT2D eigenvalue weighted by Crippen LogP contribution is 2.20. The monoisotopic (exact) mass is 235 g/mol. The van der Waals surface area contributed by atoms with Crippen molar-refractivity contribution in [1.29, 1.82) is 0 Å². The van der Waals surface area contributed by atoms with Crippen LogP contribution in [0.2, 0.25) is 0 Å². The van der Waals surface area contributed by atoms with Crippen molar-refractivity contribution in [3.05, 3.63) is 34.2 Å². The van der Waals surface area contributed by atoms with Gasteiger partial charge in [0.1, 0.15) is 0 Å². The molecule has 3 nitrogen and oxygen atoms in total. The van der Waals surface area contributed by atoms with Crippen LogP contribution in [0.1, 0.15) is 12.5 Å². The van der Waals surface area contributed by atoms with E-state index in [2.05, 4.69) is 0 Å². The van der Waals surface area contributed by atoms with E-state index < -0.39 is 24.4 Å². The molecule has 0 radical (unpaired) electrons. The van der Waals surface area contributed by atoms with E-state index in [9.17, 15) is 18.0 Å². The van der Waals surface area contributed by atoms with Crippen LogP contribution in [-0.4, -0.2) is 22.0 Å². The summed E-state index contributed by atoms with van der Waals surface area (Å²) in [5.41, 5.74) is 0.189. The molecule has 0 saturated heterocycles. The van der Waals surface area contributed by atoms with E-state index in [1.807, 2.05) is 6.92 Å². The molecule has 0 amide bonds. The molecule has 1 N–H and O–H groups in total. The number of pyridine rings is 1. The number of rotatable bonds is 3. The molecule has 0 spiro atoms. The number of aliphatic hydroxyl groups excluding tert-OH is 1. The zero-order chi connectivity index (χ0) is 12.3. The maximum Gasteiger partial charge on any atom is 0.416 e. The number of aliphatic hydroxyl groups is 1. The molecule has 1 aromatic rings. The normalized spacial score (nSPS) is 13.8. The van der Waals surface area contributed by atoms with Crippen molar-refractivity contribution in [2.75, 3.05) is 0 Å². The van der Waals surface area contributed by atoms with Gasteiger partial charge in [0.05, 0.1) is 6.54 Å². The van der Waals surface area contributed by atoms with E-state index in [0.717, 1.165) is 10.1 Å². The molecule has 0 saturated carbocycles. The van der Waals surface area contributed by atoms with Crippen molar-refractivity contribution < 1.29 is 18.3 Å². The molecule has 0 fully saturated rings. The van der Waals surface area contributed by atoms with Crippen molar-refractivity contribution in [1.82, 2.24) is 4.57 Å². The third-order valence-corrected chi connectivity index (χ3v) is 2.20. The number of hydrogen-bond acceptors (Lipinski definition) is 2. The lowest BCUT2D eigenvalue weighted by atomic mass is 10.2. The van der Waals surface area contributed by atoms with Gasteiger partial charge in [0.2, 0.25) is 0 Å². The lowest BCUT2D eigenvalue weighted by Gasteiger charge is -2.16. The number of aryl methyl sites for hydroxylation is 1. The third kappa shape index (κ3) is 3.10. The van der Waals surface area contributed by atoms with Gasteiger partial charge < -0.3 is 9.67 Å². The van der Waals surface area contributed by atoms with Crippen LogP contribution >= 0.6 is 0 Å². The molecule has 16 heavy (non-hydrogen) atoms. The number of halogens is 3. The molecule has 1 atom stereocenters. The topological polar surface area (TPSA) is 42.2 Å². The average Bonchev–Trinajstić information content (AvgIpc) is 2.19. The first-order valence-corrected chi connectivity index (χ1v) is 4.78. The van der Waals surface area contributed by atoms with Gasteiger partial charge in [-0.1, -0.05) is 13.0 Å². The van der Waals surface area contributed by atoms with Gasteiger partial charge >= 0.3 is 6.18 Å². The Bertz CT molecular complexity index is 411. The third-order valence-electron chi connectivity index (χ3n) is 2.20. The molecule has 6 heteroatoms. The predicted molar refractivity (Wildman–Crippen MR) is 52.1 cm³/mol. The van der Waals surface area contributed by atoms with E-state index in [4.69, 9.17) is 5.11 Å². The first-order chi connectivity index (χ1) is 7.34. The summed E-state index contributed by atoms with van der Waals surface area (Å²) in [6.07, 6.45) is -5.28. The minimum atomic E-state index is -4.71. The van der Waals surface area contributed by atoms with Crippen molar-refractivity contribution in [2.24, 2.45) is 0 Å². The van der Waals surface area contributed by atoms with Gasteiger partial charge in [-0.2, -0.15) is 13.2 Å². The molecule has 1 rings (SSSR count). The van der Waals surface area contributed by atoms with Crippen molar-refractivity contribution in [3.8, 4) is 0 Å². The van der Waals surface area contributed by atoms with E-state index in [0.29, 0.717) is 6.42 Å². The average molecular weight is 235 g/mol. The SMILES string of the molecule is CCc1ccc(=O)n(C[C@@H](O)C(F)(F)F)c1. The second-order valence-corrected chi connectivity index (χ2v) is 3.44. The van der Waals surface area contributed by atoms with Gasteiger partial charge in [-0.25, -0.2) is 0 Å². The summed E-state index contributed by atoms with van der Waals surface area (Å²) in [7, 11) is 0. The first kappa shape index (κ1) is 12.8. The highest BCUT2D eigenvalue weighted by molar-refractivity contribution is 5.09. The van der Waals surface area contributed by atoms with Crippen LogP contribution in [-0.2, 0) is 13.0 Å². The van der Waals surface area contributed by atoms with E-state index >= 15 is 0 Å². The van der Waals surface area contributed by atoms with Crippen LogP contribution in [0.3, 0.4) is 0 Å². The van der Waals surface area contributed by atoms with Gasteiger partial charge in [0, 0.05) is 12.3 Å². The molecule has 0 aliphatic carbocycles. The number of alkyl halides is 3. The van der Waals surface area contributed by atoms with E-state index in [1.165, 1.54) is 12.3 Å². The lowest BCUT2D eigenvalue weighted by molar-refractivity contribution is -0.207. The van der Waals surface area contributed by atoms with Crippen molar-refractivity contribution in [3.63, 3.8) is 0 Å². The smallest absolute Gasteiger partial charge is 0.382 e. The van der Waals surface area contributed by atoms with E-state index in [-0.39, 0.29) is 0 Å². The largest absolute Gasteiger partial charge is 0.416 e. The molecule has 0 unspecified atom stereocenters. The Kier molecular flexibility index (Phi) is 3.74. The van der Waals surface area contributed by atoms with Crippen molar-refractivity contribution in [2.45, 2.75) is 32.2 Å². The number of hydrogen-bond donors (Lipinski definition) is 1. The van der Waals surface area contributed by atoms with Crippen LogP contribution in [0.5, 0.6) is 0 Å². The molecule has 1 heterocycles. The second kappa shape index (κ2) is 4.69. The molecule has 0 aromatic carbocycles. The Hall–Kier alpha value is -1.30. The standard InChI is InChI=1S/C10H12F3NO2/c1-2-7-3-4-9(16)14(5-7)6-8(15)10(11,12)13/h3-5,8,15H,2,6H2,1H3/t8-/m1/s1. The van der Waals surface area contributed by atoms with Gasteiger partial charge in [-0.15, -0.1) is 0 Å². The van der Waals surface area contributed by atoms with Crippen LogP contribution in [0.25, 0.3) is 0 Å². The Morgan fingerprint density at radius 1 is 1.44 bits per heavy atom. The predicted octanol–water partition coefficient (Wildman–Crippen LogP) is 1.33. The van der Waals surface area contributed by atoms with Gasteiger partial charge in [0.25, 0.3) is 5.56 Å². The van der Waals surface area contributed by atoms with Gasteiger partial charge in [-0.05, 0) is 12.0 Å². The summed E-state index contributed by atoms with van der Waals surface area (Å²) in [6.45, 7) is 1.06. The minimum Gasteiger partial charge on any atom is -0.382 e. The summed E-state index contributed by atoms with van der Waals surface area (Å²) in [4.78, 5) is 11.2. The maximum atomic E-state index is 12.1. The number of nitrogens with zero attached hydrogens (tertiary/aromatic N) is 1. The fourth-order valence-electron chi connectivity index (χ4n) is 1.22. The zero-order valence-electron chi connectivity index (χ0n) is 8.66.